The summed E-state index contributed by atoms with van der Waals surface area (Å²) in [6, 6.07) is 9.40. The van der Waals surface area contributed by atoms with Crippen LogP contribution in [0.25, 0.3) is 11.3 Å². The second-order valence-electron chi connectivity index (χ2n) is 5.31. The number of halogens is 3. The number of alkyl halides is 3. The predicted molar refractivity (Wildman–Crippen MR) is 89.1 cm³/mol. The molecule has 1 aromatic carbocycles. The lowest BCUT2D eigenvalue weighted by molar-refractivity contribution is -0.614. The van der Waals surface area contributed by atoms with E-state index in [1.807, 2.05) is 0 Å². The first-order valence-electron chi connectivity index (χ1n) is 7.43. The Morgan fingerprint density at radius 2 is 1.92 bits per heavy atom. The van der Waals surface area contributed by atoms with Crippen LogP contribution in [0.2, 0.25) is 0 Å². The van der Waals surface area contributed by atoms with Gasteiger partial charge in [0.15, 0.2) is 11.2 Å². The lowest BCUT2D eigenvalue weighted by atomic mass is 10.1. The lowest BCUT2D eigenvalue weighted by Crippen LogP contribution is -2.35. The van der Waals surface area contributed by atoms with Gasteiger partial charge in [0.2, 0.25) is 5.69 Å². The standard InChI is InChI=1S/C17H12F3N3O2S/c18-17(19,20)12-6-4-11(5-7-12)14-10-26-16(22-14)15(24)21-9-13-3-1-2-8-23(13)25/h1-8,10H,9H2,(H,21,24). The molecule has 0 aliphatic rings. The maximum absolute atomic E-state index is 12.6. The Hall–Kier alpha value is -2.94. The van der Waals surface area contributed by atoms with Gasteiger partial charge in [0.25, 0.3) is 5.91 Å². The normalized spacial score (nSPS) is 11.3. The van der Waals surface area contributed by atoms with Gasteiger partial charge in [-0.2, -0.15) is 17.9 Å². The first-order chi connectivity index (χ1) is 12.3. The van der Waals surface area contributed by atoms with Crippen molar-refractivity contribution < 1.29 is 22.7 Å². The van der Waals surface area contributed by atoms with Crippen LogP contribution < -0.4 is 10.0 Å². The number of carbonyl (C=O) groups is 1. The summed E-state index contributed by atoms with van der Waals surface area (Å²) < 4.78 is 38.4. The van der Waals surface area contributed by atoms with E-state index in [0.29, 0.717) is 21.7 Å². The molecule has 0 bridgehead atoms. The van der Waals surface area contributed by atoms with Gasteiger partial charge in [-0.05, 0) is 18.2 Å². The van der Waals surface area contributed by atoms with Crippen LogP contribution in [0.15, 0.2) is 54.0 Å². The number of hydrogen-bond donors (Lipinski definition) is 1. The third kappa shape index (κ3) is 3.99. The molecular weight excluding hydrogens is 367 g/mol. The Labute approximate surface area is 150 Å². The summed E-state index contributed by atoms with van der Waals surface area (Å²) in [4.78, 5) is 16.3. The molecule has 2 aromatic heterocycles. The second-order valence-corrected chi connectivity index (χ2v) is 6.17. The summed E-state index contributed by atoms with van der Waals surface area (Å²) in [6.07, 6.45) is -3.07. The molecule has 0 saturated heterocycles. The van der Waals surface area contributed by atoms with E-state index in [-0.39, 0.29) is 11.6 Å². The van der Waals surface area contributed by atoms with E-state index >= 15 is 0 Å². The van der Waals surface area contributed by atoms with Crippen LogP contribution in [0.3, 0.4) is 0 Å². The molecule has 134 valence electrons. The molecule has 26 heavy (non-hydrogen) atoms. The SMILES string of the molecule is O=C(NCc1cccc[n+]1[O-])c1nc(-c2ccc(C(F)(F)F)cc2)cs1. The average molecular weight is 379 g/mol. The fraction of sp³-hybridized carbons (Fsp3) is 0.118. The van der Waals surface area contributed by atoms with Gasteiger partial charge < -0.3 is 10.5 Å². The topological polar surface area (TPSA) is 68.9 Å². The minimum Gasteiger partial charge on any atom is -0.618 e. The molecule has 0 unspecified atom stereocenters. The first kappa shape index (κ1) is 17.9. The van der Waals surface area contributed by atoms with Crippen molar-refractivity contribution in [2.75, 3.05) is 0 Å². The molecule has 1 amide bonds. The molecule has 2 heterocycles. The fourth-order valence-electron chi connectivity index (χ4n) is 2.19. The number of rotatable bonds is 4. The van der Waals surface area contributed by atoms with Crippen molar-refractivity contribution in [2.45, 2.75) is 12.7 Å². The Morgan fingerprint density at radius 3 is 2.58 bits per heavy atom. The number of benzene rings is 1. The van der Waals surface area contributed by atoms with Gasteiger partial charge in [-0.1, -0.05) is 12.1 Å². The van der Waals surface area contributed by atoms with E-state index in [1.54, 1.807) is 23.6 Å². The van der Waals surface area contributed by atoms with Crippen LogP contribution in [-0.2, 0) is 12.7 Å². The summed E-state index contributed by atoms with van der Waals surface area (Å²) in [5, 5.41) is 15.9. The van der Waals surface area contributed by atoms with Crippen molar-refractivity contribution in [1.29, 1.82) is 0 Å². The van der Waals surface area contributed by atoms with Crippen LogP contribution in [0.5, 0.6) is 0 Å². The van der Waals surface area contributed by atoms with Crippen LogP contribution in [0.4, 0.5) is 13.2 Å². The number of carbonyl (C=O) groups excluding carboxylic acids is 1. The van der Waals surface area contributed by atoms with Crippen molar-refractivity contribution in [3.05, 3.63) is 75.5 Å². The molecule has 9 heteroatoms. The molecule has 0 fully saturated rings. The number of thiazole rings is 1. The van der Waals surface area contributed by atoms with E-state index in [1.165, 1.54) is 18.3 Å². The van der Waals surface area contributed by atoms with Crippen LogP contribution in [-0.4, -0.2) is 10.9 Å². The lowest BCUT2D eigenvalue weighted by Gasteiger charge is -2.06. The number of amides is 1. The number of hydrogen-bond acceptors (Lipinski definition) is 4. The first-order valence-corrected chi connectivity index (χ1v) is 8.31. The van der Waals surface area contributed by atoms with Crippen molar-refractivity contribution in [1.82, 2.24) is 10.3 Å². The monoisotopic (exact) mass is 379 g/mol. The van der Waals surface area contributed by atoms with Gasteiger partial charge in [-0.15, -0.1) is 11.3 Å². The highest BCUT2D eigenvalue weighted by atomic mass is 32.1. The molecule has 1 N–H and O–H groups in total. The Kier molecular flexibility index (Phi) is 4.90. The second kappa shape index (κ2) is 7.12. The zero-order valence-electron chi connectivity index (χ0n) is 13.2. The minimum atomic E-state index is -4.40. The van der Waals surface area contributed by atoms with Gasteiger partial charge >= 0.3 is 6.18 Å². The fourth-order valence-corrected chi connectivity index (χ4v) is 2.93. The highest BCUT2D eigenvalue weighted by Crippen LogP contribution is 2.31. The summed E-state index contributed by atoms with van der Waals surface area (Å²) in [6.45, 7) is 0.0400. The van der Waals surface area contributed by atoms with Crippen LogP contribution >= 0.6 is 11.3 Å². The maximum atomic E-state index is 12.6. The zero-order chi connectivity index (χ0) is 18.7. The van der Waals surface area contributed by atoms with E-state index in [9.17, 15) is 23.2 Å². The smallest absolute Gasteiger partial charge is 0.416 e. The summed E-state index contributed by atoms with van der Waals surface area (Å²) in [5.74, 6) is -0.461. The van der Waals surface area contributed by atoms with Gasteiger partial charge in [0.05, 0.1) is 11.3 Å². The molecule has 5 nitrogen and oxygen atoms in total. The van der Waals surface area contributed by atoms with Crippen LogP contribution in [0.1, 0.15) is 21.1 Å². The summed E-state index contributed by atoms with van der Waals surface area (Å²) in [7, 11) is 0. The van der Waals surface area contributed by atoms with Crippen molar-refractivity contribution in [3.63, 3.8) is 0 Å². The van der Waals surface area contributed by atoms with E-state index in [4.69, 9.17) is 0 Å². The van der Waals surface area contributed by atoms with Gasteiger partial charge in [0, 0.05) is 23.1 Å². The Balaban J connectivity index is 1.69. The highest BCUT2D eigenvalue weighted by Gasteiger charge is 2.30. The molecule has 3 rings (SSSR count). The van der Waals surface area contributed by atoms with E-state index in [0.717, 1.165) is 23.5 Å². The van der Waals surface area contributed by atoms with Gasteiger partial charge in [0.1, 0.15) is 6.54 Å². The van der Waals surface area contributed by atoms with Crippen molar-refractivity contribution >= 4 is 17.2 Å². The highest BCUT2D eigenvalue weighted by molar-refractivity contribution is 7.12. The predicted octanol–water partition coefficient (Wildman–Crippen LogP) is 3.39. The van der Waals surface area contributed by atoms with Crippen molar-refractivity contribution in [3.8, 4) is 11.3 Å². The quantitative estimate of drug-likeness (QED) is 0.558. The van der Waals surface area contributed by atoms with E-state index in [2.05, 4.69) is 10.3 Å². The van der Waals surface area contributed by atoms with Crippen LogP contribution in [0, 0.1) is 5.21 Å². The largest absolute Gasteiger partial charge is 0.618 e. The number of aromatic nitrogens is 2. The third-order valence-electron chi connectivity index (χ3n) is 3.54. The van der Waals surface area contributed by atoms with E-state index < -0.39 is 17.6 Å². The number of nitrogens with one attached hydrogen (secondary N) is 1. The Morgan fingerprint density at radius 1 is 1.19 bits per heavy atom. The maximum Gasteiger partial charge on any atom is 0.416 e. The molecule has 0 radical (unpaired) electrons. The number of pyridine rings is 1. The molecule has 0 spiro atoms. The Bertz CT molecular complexity index is 924. The molecule has 0 aliphatic carbocycles. The average Bonchev–Trinajstić information content (AvgIpc) is 3.10. The molecule has 0 saturated carbocycles. The molecule has 0 aliphatic heterocycles. The molecule has 3 aromatic rings. The zero-order valence-corrected chi connectivity index (χ0v) is 14.0. The summed E-state index contributed by atoms with van der Waals surface area (Å²) >= 11 is 1.07. The summed E-state index contributed by atoms with van der Waals surface area (Å²) in [5.41, 5.74) is 0.518. The van der Waals surface area contributed by atoms with Gasteiger partial charge in [-0.3, -0.25) is 4.79 Å². The third-order valence-corrected chi connectivity index (χ3v) is 4.38. The molecule has 0 atom stereocenters. The van der Waals surface area contributed by atoms with Crippen molar-refractivity contribution in [2.24, 2.45) is 0 Å². The minimum absolute atomic E-state index is 0.0400. The molecular formula is C17H12F3N3O2S. The number of nitrogens with zero attached hydrogens (tertiary/aromatic N) is 2. The van der Waals surface area contributed by atoms with Gasteiger partial charge in [-0.25, -0.2) is 4.98 Å².